The first-order chi connectivity index (χ1) is 13.5. The van der Waals surface area contributed by atoms with Crippen molar-refractivity contribution in [3.05, 3.63) is 53.5 Å². The van der Waals surface area contributed by atoms with Crippen LogP contribution in [0.2, 0.25) is 0 Å². The first-order valence-electron chi connectivity index (χ1n) is 8.79. The van der Waals surface area contributed by atoms with Gasteiger partial charge in [0.25, 0.3) is 0 Å². The van der Waals surface area contributed by atoms with Gasteiger partial charge in [0, 0.05) is 37.1 Å². The van der Waals surface area contributed by atoms with Crippen LogP contribution in [0.15, 0.2) is 36.5 Å². The molecule has 9 heteroatoms. The monoisotopic (exact) mass is 380 g/mol. The highest BCUT2D eigenvalue weighted by Crippen LogP contribution is 2.21. The minimum absolute atomic E-state index is 0.199. The summed E-state index contributed by atoms with van der Waals surface area (Å²) in [6, 6.07) is 10.1. The summed E-state index contributed by atoms with van der Waals surface area (Å²) in [5.74, 6) is 0.281. The van der Waals surface area contributed by atoms with Crippen LogP contribution in [0.4, 0.5) is 15.0 Å². The molecular weight excluding hydrogens is 363 g/mol. The molecule has 0 unspecified atom stereocenters. The topological polar surface area (TPSA) is 98.3 Å². The maximum absolute atomic E-state index is 14.2. The van der Waals surface area contributed by atoms with E-state index in [9.17, 15) is 9.18 Å². The quantitative estimate of drug-likeness (QED) is 0.749. The van der Waals surface area contributed by atoms with Crippen molar-refractivity contribution in [3.63, 3.8) is 0 Å². The maximum atomic E-state index is 14.2. The Morgan fingerprint density at radius 1 is 1.21 bits per heavy atom. The molecule has 1 N–H and O–H groups in total. The number of carbonyl (C=O) groups is 1. The Kier molecular flexibility index (Phi) is 4.53. The summed E-state index contributed by atoms with van der Waals surface area (Å²) in [6.45, 7) is 2.16. The van der Waals surface area contributed by atoms with Gasteiger partial charge in [0.15, 0.2) is 5.65 Å². The molecule has 0 aliphatic carbocycles. The van der Waals surface area contributed by atoms with E-state index in [0.717, 1.165) is 11.2 Å². The molecule has 142 valence electrons. The van der Waals surface area contributed by atoms with Gasteiger partial charge in [-0.2, -0.15) is 10.4 Å². The minimum atomic E-state index is -0.911. The van der Waals surface area contributed by atoms with Crippen LogP contribution in [0.3, 0.4) is 0 Å². The number of aromatic nitrogens is 3. The third kappa shape index (κ3) is 3.32. The summed E-state index contributed by atoms with van der Waals surface area (Å²) in [5, 5.41) is 23.1. The van der Waals surface area contributed by atoms with Crippen LogP contribution in [0, 0.1) is 17.1 Å². The highest BCUT2D eigenvalue weighted by Gasteiger charge is 2.21. The van der Waals surface area contributed by atoms with E-state index in [1.807, 2.05) is 23.1 Å². The molecule has 0 spiro atoms. The van der Waals surface area contributed by atoms with Crippen LogP contribution in [-0.2, 0) is 6.54 Å². The first kappa shape index (κ1) is 17.7. The zero-order valence-corrected chi connectivity index (χ0v) is 14.9. The van der Waals surface area contributed by atoms with Crippen molar-refractivity contribution >= 4 is 22.9 Å². The third-order valence-electron chi connectivity index (χ3n) is 4.85. The van der Waals surface area contributed by atoms with Gasteiger partial charge in [0.2, 0.25) is 0 Å². The zero-order chi connectivity index (χ0) is 19.7. The summed E-state index contributed by atoms with van der Waals surface area (Å²) in [5.41, 5.74) is 1.32. The Morgan fingerprint density at radius 2 is 2.00 bits per heavy atom. The number of hydrogen-bond donors (Lipinski definition) is 1. The van der Waals surface area contributed by atoms with Crippen LogP contribution >= 0.6 is 0 Å². The summed E-state index contributed by atoms with van der Waals surface area (Å²) in [6.07, 6.45) is 0.765. The van der Waals surface area contributed by atoms with E-state index >= 15 is 0 Å². The largest absolute Gasteiger partial charge is 0.465 e. The van der Waals surface area contributed by atoms with Crippen LogP contribution in [0.25, 0.3) is 11.0 Å². The van der Waals surface area contributed by atoms with E-state index in [-0.39, 0.29) is 12.1 Å². The van der Waals surface area contributed by atoms with E-state index in [1.165, 1.54) is 11.0 Å². The lowest BCUT2D eigenvalue weighted by atomic mass is 10.1. The Bertz CT molecular complexity index is 1080. The van der Waals surface area contributed by atoms with E-state index < -0.39 is 11.9 Å². The predicted octanol–water partition coefficient (Wildman–Crippen LogP) is 2.29. The molecule has 8 nitrogen and oxygen atoms in total. The fourth-order valence-electron chi connectivity index (χ4n) is 3.27. The number of halogens is 1. The van der Waals surface area contributed by atoms with Crippen molar-refractivity contribution in [2.75, 3.05) is 31.1 Å². The SMILES string of the molecule is N#Cc1ccc(Cn2ncc3ccc(N4CCN(C(=O)O)CC4)nc32)c(F)c1. The van der Waals surface area contributed by atoms with Gasteiger partial charge in [0.1, 0.15) is 11.6 Å². The number of rotatable bonds is 3. The molecule has 1 aromatic carbocycles. The normalized spacial score (nSPS) is 14.3. The zero-order valence-electron chi connectivity index (χ0n) is 14.9. The van der Waals surface area contributed by atoms with Gasteiger partial charge in [-0.3, -0.25) is 0 Å². The highest BCUT2D eigenvalue weighted by atomic mass is 19.1. The smallest absolute Gasteiger partial charge is 0.407 e. The summed E-state index contributed by atoms with van der Waals surface area (Å²) in [4.78, 5) is 19.1. The first-order valence-corrected chi connectivity index (χ1v) is 8.79. The van der Waals surface area contributed by atoms with Gasteiger partial charge < -0.3 is 14.9 Å². The number of nitrogens with zero attached hydrogens (tertiary/aromatic N) is 6. The molecule has 3 aromatic rings. The van der Waals surface area contributed by atoms with Gasteiger partial charge in [-0.1, -0.05) is 6.07 Å². The minimum Gasteiger partial charge on any atom is -0.465 e. The number of amides is 1. The van der Waals surface area contributed by atoms with Gasteiger partial charge in [-0.05, 0) is 24.3 Å². The van der Waals surface area contributed by atoms with E-state index in [2.05, 4.69) is 10.1 Å². The molecule has 28 heavy (non-hydrogen) atoms. The van der Waals surface area contributed by atoms with E-state index in [4.69, 9.17) is 10.4 Å². The second-order valence-corrected chi connectivity index (χ2v) is 6.56. The van der Waals surface area contributed by atoms with Gasteiger partial charge >= 0.3 is 6.09 Å². The molecule has 0 bridgehead atoms. The second-order valence-electron chi connectivity index (χ2n) is 6.56. The van der Waals surface area contributed by atoms with Gasteiger partial charge in [-0.15, -0.1) is 0 Å². The second kappa shape index (κ2) is 7.15. The van der Waals surface area contributed by atoms with Crippen LogP contribution < -0.4 is 4.90 Å². The number of hydrogen-bond acceptors (Lipinski definition) is 5. The summed E-state index contributed by atoms with van der Waals surface area (Å²) < 4.78 is 15.8. The van der Waals surface area contributed by atoms with Crippen molar-refractivity contribution in [3.8, 4) is 6.07 Å². The van der Waals surface area contributed by atoms with Crippen molar-refractivity contribution in [2.24, 2.45) is 0 Å². The van der Waals surface area contributed by atoms with Crippen LogP contribution in [0.5, 0.6) is 0 Å². The number of benzene rings is 1. The van der Waals surface area contributed by atoms with Gasteiger partial charge in [-0.25, -0.2) is 18.9 Å². The average Bonchev–Trinajstić information content (AvgIpc) is 3.11. The van der Waals surface area contributed by atoms with E-state index in [0.29, 0.717) is 37.4 Å². The fourth-order valence-corrected chi connectivity index (χ4v) is 3.27. The molecule has 0 radical (unpaired) electrons. The number of anilines is 1. The lowest BCUT2D eigenvalue weighted by Gasteiger charge is -2.33. The number of piperazine rings is 1. The lowest BCUT2D eigenvalue weighted by Crippen LogP contribution is -2.48. The highest BCUT2D eigenvalue weighted by molar-refractivity contribution is 5.77. The number of nitriles is 1. The van der Waals surface area contributed by atoms with Gasteiger partial charge in [0.05, 0.1) is 24.4 Å². The molecule has 1 aliphatic heterocycles. The number of fused-ring (bicyclic) bond motifs is 1. The molecule has 1 fully saturated rings. The Morgan fingerprint density at radius 3 is 2.68 bits per heavy atom. The molecule has 1 amide bonds. The molecule has 2 aromatic heterocycles. The molecule has 1 aliphatic rings. The standard InChI is InChI=1S/C19H17FN6O2/c20-16-9-13(10-21)1-2-15(16)12-26-18-14(11-22-26)3-4-17(23-18)24-5-7-25(8-6-24)19(27)28/h1-4,9,11H,5-8,12H2,(H,27,28). The molecule has 1 saturated heterocycles. The average molecular weight is 380 g/mol. The van der Waals surface area contributed by atoms with Crippen LogP contribution in [-0.4, -0.2) is 57.0 Å². The lowest BCUT2D eigenvalue weighted by molar-refractivity contribution is 0.142. The van der Waals surface area contributed by atoms with Crippen LogP contribution in [0.1, 0.15) is 11.1 Å². The fraction of sp³-hybridized carbons (Fsp3) is 0.263. The number of pyridine rings is 1. The molecule has 0 atom stereocenters. The predicted molar refractivity (Wildman–Crippen MR) is 99.6 cm³/mol. The summed E-state index contributed by atoms with van der Waals surface area (Å²) >= 11 is 0. The van der Waals surface area contributed by atoms with E-state index in [1.54, 1.807) is 23.0 Å². The Hall–Kier alpha value is -3.67. The molecular formula is C19H17FN6O2. The summed E-state index contributed by atoms with van der Waals surface area (Å²) in [7, 11) is 0. The number of carboxylic acid groups (broad SMARTS) is 1. The molecule has 4 rings (SSSR count). The molecule has 0 saturated carbocycles. The maximum Gasteiger partial charge on any atom is 0.407 e. The van der Waals surface area contributed by atoms with Crippen molar-refractivity contribution in [1.82, 2.24) is 19.7 Å². The van der Waals surface area contributed by atoms with Crippen molar-refractivity contribution in [1.29, 1.82) is 5.26 Å². The molecule has 3 heterocycles. The Labute approximate surface area is 160 Å². The van der Waals surface area contributed by atoms with Crippen molar-refractivity contribution in [2.45, 2.75) is 6.54 Å². The van der Waals surface area contributed by atoms with Crippen molar-refractivity contribution < 1.29 is 14.3 Å². The third-order valence-corrected chi connectivity index (χ3v) is 4.85. The Balaban J connectivity index is 1.59.